The molecule has 1 fully saturated rings. The van der Waals surface area contributed by atoms with Gasteiger partial charge < -0.3 is 8.85 Å². The molecule has 96 valence electrons. The third kappa shape index (κ3) is 2.08. The van der Waals surface area contributed by atoms with Gasteiger partial charge in [0.05, 0.1) is 0 Å². The standard InChI is InChI=1S/C12H27NO2Si/c1-11(2)12(3,4)16(14-5,15-6)13-9-7-8-10-13/h11H,7-10H2,1-6H3. The van der Waals surface area contributed by atoms with E-state index < -0.39 is 8.72 Å². The van der Waals surface area contributed by atoms with Gasteiger partial charge in [0.2, 0.25) is 0 Å². The third-order valence-electron chi connectivity index (χ3n) is 4.33. The fourth-order valence-electron chi connectivity index (χ4n) is 2.65. The van der Waals surface area contributed by atoms with E-state index in [0.717, 1.165) is 13.1 Å². The lowest BCUT2D eigenvalue weighted by molar-refractivity contribution is 0.131. The van der Waals surface area contributed by atoms with Gasteiger partial charge in [0.1, 0.15) is 0 Å². The van der Waals surface area contributed by atoms with Crippen molar-refractivity contribution in [2.75, 3.05) is 27.3 Å². The van der Waals surface area contributed by atoms with Crippen molar-refractivity contribution in [3.63, 3.8) is 0 Å². The van der Waals surface area contributed by atoms with Crippen molar-refractivity contribution in [3.8, 4) is 0 Å². The smallest absolute Gasteiger partial charge is 0.386 e. The molecule has 0 aliphatic carbocycles. The number of hydrogen-bond acceptors (Lipinski definition) is 3. The third-order valence-corrected chi connectivity index (χ3v) is 8.93. The summed E-state index contributed by atoms with van der Waals surface area (Å²) in [6.45, 7) is 11.4. The summed E-state index contributed by atoms with van der Waals surface area (Å²) in [7, 11) is 1.37. The van der Waals surface area contributed by atoms with Crippen LogP contribution in [-0.2, 0) is 8.85 Å². The molecule has 16 heavy (non-hydrogen) atoms. The van der Waals surface area contributed by atoms with Crippen molar-refractivity contribution in [3.05, 3.63) is 0 Å². The maximum Gasteiger partial charge on any atom is 0.433 e. The number of hydrogen-bond donors (Lipinski definition) is 0. The second-order valence-electron chi connectivity index (χ2n) is 5.56. The maximum atomic E-state index is 5.94. The summed E-state index contributed by atoms with van der Waals surface area (Å²) < 4.78 is 14.4. The Bertz CT molecular complexity index is 221. The topological polar surface area (TPSA) is 21.7 Å². The molecule has 0 radical (unpaired) electrons. The lowest BCUT2D eigenvalue weighted by Gasteiger charge is -2.48. The minimum Gasteiger partial charge on any atom is -0.386 e. The SMILES string of the molecule is CO[Si](OC)(N1CCCC1)C(C)(C)C(C)C. The van der Waals surface area contributed by atoms with Crippen LogP contribution in [0.1, 0.15) is 40.5 Å². The van der Waals surface area contributed by atoms with Crippen molar-refractivity contribution in [1.29, 1.82) is 0 Å². The van der Waals surface area contributed by atoms with E-state index in [-0.39, 0.29) is 5.04 Å². The van der Waals surface area contributed by atoms with Gasteiger partial charge in [-0.2, -0.15) is 0 Å². The zero-order chi connectivity index (χ0) is 12.4. The molecular formula is C12H27NO2Si. The van der Waals surface area contributed by atoms with E-state index in [0.29, 0.717) is 5.92 Å². The minimum atomic E-state index is -2.27. The fraction of sp³-hybridized carbons (Fsp3) is 1.00. The molecule has 0 amide bonds. The molecule has 3 nitrogen and oxygen atoms in total. The molecule has 0 aromatic rings. The first kappa shape index (κ1) is 14.2. The van der Waals surface area contributed by atoms with Gasteiger partial charge >= 0.3 is 8.72 Å². The highest BCUT2D eigenvalue weighted by Crippen LogP contribution is 2.47. The first-order valence-corrected chi connectivity index (χ1v) is 8.04. The Hall–Kier alpha value is 0.0969. The Morgan fingerprint density at radius 2 is 1.50 bits per heavy atom. The highest BCUT2D eigenvalue weighted by molar-refractivity contribution is 6.67. The molecule has 0 atom stereocenters. The summed E-state index contributed by atoms with van der Waals surface area (Å²) in [6.07, 6.45) is 2.55. The van der Waals surface area contributed by atoms with Crippen LogP contribution in [0, 0.1) is 5.92 Å². The van der Waals surface area contributed by atoms with Crippen LogP contribution in [0.15, 0.2) is 0 Å². The normalized spacial score (nSPS) is 19.7. The Kier molecular flexibility index (Phi) is 4.57. The Balaban J connectivity index is 3.03. The Labute approximate surface area is 101 Å². The van der Waals surface area contributed by atoms with Crippen LogP contribution in [0.2, 0.25) is 5.04 Å². The lowest BCUT2D eigenvalue weighted by Crippen LogP contribution is -2.64. The summed E-state index contributed by atoms with van der Waals surface area (Å²) in [5.41, 5.74) is 0. The summed E-state index contributed by atoms with van der Waals surface area (Å²) in [6, 6.07) is 0. The molecule has 0 bridgehead atoms. The van der Waals surface area contributed by atoms with E-state index in [2.05, 4.69) is 32.3 Å². The molecule has 0 unspecified atom stereocenters. The van der Waals surface area contributed by atoms with Crippen LogP contribution < -0.4 is 0 Å². The van der Waals surface area contributed by atoms with E-state index in [4.69, 9.17) is 8.85 Å². The summed E-state index contributed by atoms with van der Waals surface area (Å²) >= 11 is 0. The molecule has 0 spiro atoms. The van der Waals surface area contributed by atoms with E-state index in [1.54, 1.807) is 0 Å². The molecule has 0 N–H and O–H groups in total. The van der Waals surface area contributed by atoms with Crippen molar-refractivity contribution in [1.82, 2.24) is 4.57 Å². The first-order valence-electron chi connectivity index (χ1n) is 6.27. The van der Waals surface area contributed by atoms with E-state index >= 15 is 0 Å². The lowest BCUT2D eigenvalue weighted by atomic mass is 9.99. The van der Waals surface area contributed by atoms with Crippen molar-refractivity contribution in [2.45, 2.75) is 45.6 Å². The van der Waals surface area contributed by atoms with Crippen LogP contribution in [0.3, 0.4) is 0 Å². The first-order chi connectivity index (χ1) is 7.42. The molecule has 1 aliphatic rings. The van der Waals surface area contributed by atoms with Gasteiger partial charge in [-0.1, -0.05) is 27.7 Å². The molecule has 1 rings (SSSR count). The van der Waals surface area contributed by atoms with Crippen LogP contribution in [0.25, 0.3) is 0 Å². The van der Waals surface area contributed by atoms with Gasteiger partial charge in [-0.15, -0.1) is 0 Å². The second-order valence-corrected chi connectivity index (χ2v) is 9.46. The molecule has 0 saturated carbocycles. The predicted octanol–water partition coefficient (Wildman–Crippen LogP) is 2.75. The van der Waals surface area contributed by atoms with Crippen molar-refractivity contribution < 1.29 is 8.85 Å². The summed E-state index contributed by atoms with van der Waals surface area (Å²) in [4.78, 5) is 0. The van der Waals surface area contributed by atoms with Gasteiger partial charge in [0.25, 0.3) is 0 Å². The highest BCUT2D eigenvalue weighted by Gasteiger charge is 2.58. The molecule has 1 saturated heterocycles. The fourth-order valence-corrected chi connectivity index (χ4v) is 6.84. The molecule has 0 aromatic heterocycles. The molecular weight excluding hydrogens is 218 g/mol. The van der Waals surface area contributed by atoms with E-state index in [1.165, 1.54) is 12.8 Å². The predicted molar refractivity (Wildman–Crippen MR) is 69.5 cm³/mol. The maximum absolute atomic E-state index is 5.94. The molecule has 4 heteroatoms. The van der Waals surface area contributed by atoms with Crippen LogP contribution in [-0.4, -0.2) is 40.6 Å². The summed E-state index contributed by atoms with van der Waals surface area (Å²) in [5.74, 6) is 0.555. The van der Waals surface area contributed by atoms with Gasteiger partial charge in [-0.3, -0.25) is 4.57 Å². The average Bonchev–Trinajstić information content (AvgIpc) is 2.73. The van der Waals surface area contributed by atoms with Gasteiger partial charge in [0, 0.05) is 19.3 Å². The van der Waals surface area contributed by atoms with Crippen LogP contribution in [0.5, 0.6) is 0 Å². The zero-order valence-corrected chi connectivity index (χ0v) is 12.7. The number of nitrogens with zero attached hydrogens (tertiary/aromatic N) is 1. The molecule has 1 heterocycles. The molecule has 0 aromatic carbocycles. The monoisotopic (exact) mass is 245 g/mol. The van der Waals surface area contributed by atoms with Crippen LogP contribution in [0.4, 0.5) is 0 Å². The number of rotatable bonds is 5. The minimum absolute atomic E-state index is 0.0981. The van der Waals surface area contributed by atoms with Gasteiger partial charge in [-0.05, 0) is 31.8 Å². The Morgan fingerprint density at radius 1 is 1.06 bits per heavy atom. The average molecular weight is 245 g/mol. The quantitative estimate of drug-likeness (QED) is 0.695. The van der Waals surface area contributed by atoms with Crippen molar-refractivity contribution in [2.24, 2.45) is 5.92 Å². The summed E-state index contributed by atoms with van der Waals surface area (Å²) in [5, 5.41) is 0.0981. The van der Waals surface area contributed by atoms with Gasteiger partial charge in [0.15, 0.2) is 0 Å². The van der Waals surface area contributed by atoms with Crippen LogP contribution >= 0.6 is 0 Å². The Morgan fingerprint density at radius 3 is 1.81 bits per heavy atom. The van der Waals surface area contributed by atoms with Crippen molar-refractivity contribution >= 4 is 8.72 Å². The zero-order valence-electron chi connectivity index (χ0n) is 11.7. The largest absolute Gasteiger partial charge is 0.433 e. The highest BCUT2D eigenvalue weighted by atomic mass is 28.4. The van der Waals surface area contributed by atoms with E-state index in [1.807, 2.05) is 14.2 Å². The van der Waals surface area contributed by atoms with Gasteiger partial charge in [-0.25, -0.2) is 0 Å². The molecule has 1 aliphatic heterocycles. The second kappa shape index (κ2) is 5.17. The van der Waals surface area contributed by atoms with E-state index in [9.17, 15) is 0 Å².